The molecule has 0 spiro atoms. The third-order valence-corrected chi connectivity index (χ3v) is 12.0. The first-order valence-corrected chi connectivity index (χ1v) is 18.5. The van der Waals surface area contributed by atoms with Crippen LogP contribution in [-0.4, -0.2) is 65.9 Å². The summed E-state index contributed by atoms with van der Waals surface area (Å²) in [5.74, 6) is -1.75. The van der Waals surface area contributed by atoms with Crippen LogP contribution in [0.5, 0.6) is 0 Å². The highest BCUT2D eigenvalue weighted by atomic mass is 32.2. The lowest BCUT2D eigenvalue weighted by molar-refractivity contribution is -0.140. The van der Waals surface area contributed by atoms with E-state index in [1.165, 1.54) is 21.0 Å². The van der Waals surface area contributed by atoms with Gasteiger partial charge < -0.3 is 25.1 Å². The number of rotatable bonds is 16. The molecule has 0 saturated heterocycles. The van der Waals surface area contributed by atoms with Crippen LogP contribution in [0.15, 0.2) is 18.2 Å². The lowest BCUT2D eigenvalue weighted by atomic mass is 10.1. The summed E-state index contributed by atoms with van der Waals surface area (Å²) in [6.45, 7) is 13.7. The molecule has 0 aliphatic heterocycles. The maximum Gasteiger partial charge on any atom is 0.305 e. The molecule has 238 valence electrons. The fourth-order valence-corrected chi connectivity index (χ4v) is 4.66. The molecule has 14 heteroatoms. The van der Waals surface area contributed by atoms with Crippen molar-refractivity contribution >= 4 is 47.8 Å². The van der Waals surface area contributed by atoms with Crippen LogP contribution in [0, 0.1) is 0 Å². The Hall–Kier alpha value is -2.81. The zero-order valence-electron chi connectivity index (χ0n) is 26.2. The number of nitrogens with one attached hydrogen (secondary N) is 3. The van der Waals surface area contributed by atoms with Crippen LogP contribution in [0.1, 0.15) is 71.4 Å². The third-order valence-electron chi connectivity index (χ3n) is 6.95. The van der Waals surface area contributed by atoms with Crippen molar-refractivity contribution in [3.05, 3.63) is 29.3 Å². The Kier molecular flexibility index (Phi) is 14.3. The van der Waals surface area contributed by atoms with Gasteiger partial charge in [0, 0.05) is 18.5 Å². The van der Waals surface area contributed by atoms with Gasteiger partial charge in [-0.25, -0.2) is 0 Å². The van der Waals surface area contributed by atoms with Crippen molar-refractivity contribution in [3.63, 3.8) is 0 Å². The molecule has 0 aliphatic rings. The monoisotopic (exact) mass is 629 g/mol. The van der Waals surface area contributed by atoms with Crippen molar-refractivity contribution in [1.29, 1.82) is 0 Å². The number of hydrogen-bond acceptors (Lipinski definition) is 9. The van der Waals surface area contributed by atoms with E-state index in [0.717, 1.165) is 11.8 Å². The number of carbonyl (C=O) groups is 4. The molecule has 0 aromatic heterocycles. The summed E-state index contributed by atoms with van der Waals surface area (Å²) < 4.78 is 38.9. The zero-order valence-corrected chi connectivity index (χ0v) is 28.0. The number of unbranched alkanes of at least 4 members (excludes halogenated alkanes) is 1. The van der Waals surface area contributed by atoms with E-state index in [0.29, 0.717) is 24.1 Å². The Balaban J connectivity index is 2.85. The molecule has 12 nitrogen and oxygen atoms in total. The van der Waals surface area contributed by atoms with Crippen molar-refractivity contribution in [3.8, 4) is 0 Å². The lowest BCUT2D eigenvalue weighted by Gasteiger charge is -2.36. The largest absolute Gasteiger partial charge is 0.469 e. The third kappa shape index (κ3) is 13.9. The fourth-order valence-electron chi connectivity index (χ4n) is 3.35. The van der Waals surface area contributed by atoms with Gasteiger partial charge in [0.05, 0.1) is 26.6 Å². The molecule has 3 N–H and O–H groups in total. The van der Waals surface area contributed by atoms with Crippen molar-refractivity contribution in [2.75, 3.05) is 18.7 Å². The SMILES string of the molecule is COC(=O)CCCCC(=O)N[C@@H](C)C(=O)N[C@@H](C)C(=O)Nc1cc(CO[Si](C)(C)C(C)(C)C)cc(COS(C)(=O)=O)c1. The van der Waals surface area contributed by atoms with Gasteiger partial charge in [0.15, 0.2) is 8.32 Å². The molecular formula is C28H47N3O9SSi. The minimum absolute atomic E-state index is 0.0181. The molecular weight excluding hydrogens is 582 g/mol. The maximum atomic E-state index is 12.9. The van der Waals surface area contributed by atoms with Gasteiger partial charge >= 0.3 is 5.97 Å². The minimum Gasteiger partial charge on any atom is -0.469 e. The van der Waals surface area contributed by atoms with Crippen molar-refractivity contribution in [1.82, 2.24) is 10.6 Å². The Morgan fingerprint density at radius 2 is 1.43 bits per heavy atom. The normalized spacial score (nSPS) is 13.5. The van der Waals surface area contributed by atoms with E-state index >= 15 is 0 Å². The van der Waals surface area contributed by atoms with Gasteiger partial charge in [0.25, 0.3) is 10.1 Å². The molecule has 2 atom stereocenters. The summed E-state index contributed by atoms with van der Waals surface area (Å²) in [6, 6.07) is 3.26. The Morgan fingerprint density at radius 1 is 0.881 bits per heavy atom. The molecule has 1 aromatic rings. The zero-order chi connectivity index (χ0) is 32.3. The van der Waals surface area contributed by atoms with Gasteiger partial charge in [0.1, 0.15) is 12.1 Å². The van der Waals surface area contributed by atoms with E-state index in [9.17, 15) is 27.6 Å². The molecule has 0 aliphatic carbocycles. The van der Waals surface area contributed by atoms with Crippen LogP contribution in [-0.2, 0) is 55.9 Å². The van der Waals surface area contributed by atoms with Crippen LogP contribution in [0.2, 0.25) is 18.1 Å². The predicted molar refractivity (Wildman–Crippen MR) is 162 cm³/mol. The molecule has 1 aromatic carbocycles. The second kappa shape index (κ2) is 16.1. The summed E-state index contributed by atoms with van der Waals surface area (Å²) in [7, 11) is -4.48. The molecule has 0 fully saturated rings. The number of esters is 1. The average Bonchev–Trinajstić information content (AvgIpc) is 2.87. The van der Waals surface area contributed by atoms with E-state index in [4.69, 9.17) is 8.61 Å². The highest BCUT2D eigenvalue weighted by molar-refractivity contribution is 7.85. The van der Waals surface area contributed by atoms with Crippen molar-refractivity contribution in [2.45, 2.75) is 104 Å². The molecule has 0 heterocycles. The average molecular weight is 630 g/mol. The van der Waals surface area contributed by atoms with Crippen LogP contribution >= 0.6 is 0 Å². The Bertz CT molecular complexity index is 1210. The molecule has 1 rings (SSSR count). The standard InChI is InChI=1S/C28H47N3O9SSi/c1-19(29-24(32)12-10-11-13-25(33)38-6)26(34)30-20(2)27(35)31-23-15-21(17-39-41(7,36)37)14-22(16-23)18-40-42(8,9)28(3,4)5/h14-16,19-20H,10-13,17-18H2,1-9H3,(H,29,32)(H,30,34)(H,31,35)/t19-,20-/m0/s1. The first-order valence-electron chi connectivity index (χ1n) is 13.8. The first-order chi connectivity index (χ1) is 19.2. The summed E-state index contributed by atoms with van der Waals surface area (Å²) >= 11 is 0. The maximum absolute atomic E-state index is 12.9. The minimum atomic E-state index is -3.69. The number of ether oxygens (including phenoxy) is 1. The van der Waals surface area contributed by atoms with Crippen molar-refractivity contribution in [2.24, 2.45) is 0 Å². The number of anilines is 1. The van der Waals surface area contributed by atoms with Gasteiger partial charge in [0.2, 0.25) is 17.7 Å². The van der Waals surface area contributed by atoms with Crippen LogP contribution in [0.25, 0.3) is 0 Å². The first kappa shape index (κ1) is 37.2. The lowest BCUT2D eigenvalue weighted by Crippen LogP contribution is -2.50. The molecule has 3 amide bonds. The van der Waals surface area contributed by atoms with E-state index in [1.54, 1.807) is 18.2 Å². The fraction of sp³-hybridized carbons (Fsp3) is 0.643. The van der Waals surface area contributed by atoms with Gasteiger partial charge in [-0.1, -0.05) is 26.8 Å². The Labute approximate surface area is 250 Å². The smallest absolute Gasteiger partial charge is 0.305 e. The van der Waals surface area contributed by atoms with Crippen LogP contribution in [0.4, 0.5) is 5.69 Å². The second-order valence-corrected chi connectivity index (χ2v) is 18.3. The number of benzene rings is 1. The highest BCUT2D eigenvalue weighted by Crippen LogP contribution is 2.37. The molecule has 0 radical (unpaired) electrons. The molecule has 42 heavy (non-hydrogen) atoms. The van der Waals surface area contributed by atoms with Gasteiger partial charge in [-0.2, -0.15) is 8.42 Å². The topological polar surface area (TPSA) is 166 Å². The van der Waals surface area contributed by atoms with E-state index < -0.39 is 42.3 Å². The van der Waals surface area contributed by atoms with Crippen LogP contribution < -0.4 is 16.0 Å². The summed E-state index contributed by atoms with van der Waals surface area (Å²) in [5.41, 5.74) is 1.63. The molecule has 0 bridgehead atoms. The van der Waals surface area contributed by atoms with Gasteiger partial charge in [-0.05, 0) is 68.1 Å². The van der Waals surface area contributed by atoms with Crippen molar-refractivity contribution < 1.29 is 40.9 Å². The summed E-state index contributed by atoms with van der Waals surface area (Å²) in [4.78, 5) is 48.8. The van der Waals surface area contributed by atoms with E-state index in [1.807, 2.05) is 0 Å². The predicted octanol–water partition coefficient (Wildman–Crippen LogP) is 3.37. The summed E-state index contributed by atoms with van der Waals surface area (Å²) in [6.07, 6.45) is 2.27. The molecule has 0 unspecified atom stereocenters. The summed E-state index contributed by atoms with van der Waals surface area (Å²) in [5, 5.41) is 7.90. The van der Waals surface area contributed by atoms with E-state index in [2.05, 4.69) is 54.6 Å². The quantitative estimate of drug-likeness (QED) is 0.108. The number of hydrogen-bond donors (Lipinski definition) is 3. The second-order valence-electron chi connectivity index (χ2n) is 11.8. The van der Waals surface area contributed by atoms with E-state index in [-0.39, 0.29) is 43.0 Å². The Morgan fingerprint density at radius 3 is 1.98 bits per heavy atom. The number of methoxy groups -OCH3 is 1. The number of carbonyl (C=O) groups excluding carboxylic acids is 4. The van der Waals surface area contributed by atoms with Crippen LogP contribution in [0.3, 0.4) is 0 Å². The van der Waals surface area contributed by atoms with Gasteiger partial charge in [-0.15, -0.1) is 0 Å². The van der Waals surface area contributed by atoms with Gasteiger partial charge in [-0.3, -0.25) is 23.4 Å². The highest BCUT2D eigenvalue weighted by Gasteiger charge is 2.37. The molecule has 0 saturated carbocycles. The number of amides is 3.